The molecule has 0 bridgehead atoms. The average Bonchev–Trinajstić information content (AvgIpc) is 3.38. The highest BCUT2D eigenvalue weighted by molar-refractivity contribution is 6.39. The van der Waals surface area contributed by atoms with Gasteiger partial charge in [-0.15, -0.1) is 0 Å². The number of hydrogen-bond donors (Lipinski definition) is 2. The number of aromatic amines is 1. The van der Waals surface area contributed by atoms with E-state index >= 15 is 0 Å². The van der Waals surface area contributed by atoms with Crippen LogP contribution < -0.4 is 14.9 Å². The predicted molar refractivity (Wildman–Crippen MR) is 168 cm³/mol. The SMILES string of the molecule is CCOc1cc(C=NNC(=O)c2[nH]c3c(Cl)cc(Cl)cc3c2-c2ccccc2Cl)ccc1OC(=O)c1cccc(C(F)(F)F)c1. The van der Waals surface area contributed by atoms with Gasteiger partial charge in [0.05, 0.1) is 34.5 Å². The van der Waals surface area contributed by atoms with Crippen molar-refractivity contribution in [2.75, 3.05) is 6.61 Å². The molecule has 2 N–H and O–H groups in total. The quantitative estimate of drug-likeness (QED) is 0.0743. The molecule has 0 radical (unpaired) electrons. The number of hydrogen-bond acceptors (Lipinski definition) is 5. The van der Waals surface area contributed by atoms with Gasteiger partial charge in [0, 0.05) is 26.6 Å². The maximum atomic E-state index is 13.3. The molecule has 0 saturated carbocycles. The molecule has 0 aliphatic rings. The van der Waals surface area contributed by atoms with E-state index in [1.165, 1.54) is 30.5 Å². The van der Waals surface area contributed by atoms with Crippen molar-refractivity contribution in [3.8, 4) is 22.6 Å². The fraction of sp³-hybridized carbons (Fsp3) is 0.0938. The summed E-state index contributed by atoms with van der Waals surface area (Å²) in [6.45, 7) is 1.90. The summed E-state index contributed by atoms with van der Waals surface area (Å²) in [5.41, 5.74) is 3.36. The fourth-order valence-corrected chi connectivity index (χ4v) is 5.27. The number of nitrogens with zero attached hydrogens (tertiary/aromatic N) is 1. The molecule has 5 rings (SSSR count). The number of fused-ring (bicyclic) bond motifs is 1. The molecule has 13 heteroatoms. The molecule has 230 valence electrons. The molecule has 5 aromatic rings. The number of ether oxygens (including phenoxy) is 2. The van der Waals surface area contributed by atoms with E-state index in [4.69, 9.17) is 44.3 Å². The molecule has 1 amide bonds. The van der Waals surface area contributed by atoms with Gasteiger partial charge in [-0.05, 0) is 67.1 Å². The highest BCUT2D eigenvalue weighted by Gasteiger charge is 2.31. The Kier molecular flexibility index (Phi) is 9.38. The van der Waals surface area contributed by atoms with E-state index in [0.29, 0.717) is 48.7 Å². The van der Waals surface area contributed by atoms with Crippen LogP contribution in [-0.4, -0.2) is 29.7 Å². The zero-order valence-electron chi connectivity index (χ0n) is 23.1. The van der Waals surface area contributed by atoms with Crippen molar-refractivity contribution in [1.82, 2.24) is 10.4 Å². The Morgan fingerprint density at radius 1 is 0.933 bits per heavy atom. The van der Waals surface area contributed by atoms with Crippen LogP contribution in [0.2, 0.25) is 15.1 Å². The molecular weight excluding hydrogens is 654 g/mol. The minimum absolute atomic E-state index is 0.0153. The van der Waals surface area contributed by atoms with Crippen LogP contribution in [0, 0.1) is 0 Å². The Labute approximate surface area is 269 Å². The highest BCUT2D eigenvalue weighted by Crippen LogP contribution is 2.40. The molecule has 0 atom stereocenters. The molecule has 0 unspecified atom stereocenters. The van der Waals surface area contributed by atoms with Crippen LogP contribution >= 0.6 is 34.8 Å². The van der Waals surface area contributed by atoms with Gasteiger partial charge in [-0.2, -0.15) is 18.3 Å². The van der Waals surface area contributed by atoms with E-state index in [2.05, 4.69) is 15.5 Å². The first kappa shape index (κ1) is 31.9. The Balaban J connectivity index is 1.38. The molecule has 0 aliphatic heterocycles. The number of rotatable bonds is 8. The van der Waals surface area contributed by atoms with Gasteiger partial charge in [-0.25, -0.2) is 10.2 Å². The molecule has 1 aromatic heterocycles. The van der Waals surface area contributed by atoms with Crippen molar-refractivity contribution in [2.45, 2.75) is 13.1 Å². The summed E-state index contributed by atoms with van der Waals surface area (Å²) in [4.78, 5) is 29.0. The molecular formula is C32H21Cl3F3N3O4. The van der Waals surface area contributed by atoms with Gasteiger partial charge in [-0.1, -0.05) is 59.1 Å². The Hall–Kier alpha value is -4.51. The summed E-state index contributed by atoms with van der Waals surface area (Å²) in [6.07, 6.45) is -3.28. The summed E-state index contributed by atoms with van der Waals surface area (Å²) in [5.74, 6) is -1.47. The largest absolute Gasteiger partial charge is 0.490 e. The number of benzene rings is 4. The van der Waals surface area contributed by atoms with Gasteiger partial charge in [-0.3, -0.25) is 4.79 Å². The van der Waals surface area contributed by atoms with Crippen molar-refractivity contribution in [1.29, 1.82) is 0 Å². The van der Waals surface area contributed by atoms with Crippen LogP contribution in [0.25, 0.3) is 22.0 Å². The lowest BCUT2D eigenvalue weighted by Gasteiger charge is -2.12. The second kappa shape index (κ2) is 13.2. The van der Waals surface area contributed by atoms with E-state index in [1.807, 2.05) is 0 Å². The van der Waals surface area contributed by atoms with Crippen molar-refractivity contribution < 1.29 is 32.2 Å². The number of hydrazone groups is 1. The fourth-order valence-electron chi connectivity index (χ4n) is 4.49. The Morgan fingerprint density at radius 3 is 2.44 bits per heavy atom. The van der Waals surface area contributed by atoms with Crippen molar-refractivity contribution in [3.63, 3.8) is 0 Å². The first-order valence-corrected chi connectivity index (χ1v) is 14.3. The van der Waals surface area contributed by atoms with Crippen LogP contribution in [-0.2, 0) is 6.18 Å². The zero-order chi connectivity index (χ0) is 32.3. The topological polar surface area (TPSA) is 92.8 Å². The van der Waals surface area contributed by atoms with Gasteiger partial charge >= 0.3 is 12.1 Å². The van der Waals surface area contributed by atoms with E-state index in [0.717, 1.165) is 12.1 Å². The molecule has 1 heterocycles. The van der Waals surface area contributed by atoms with Crippen LogP contribution in [0.3, 0.4) is 0 Å². The monoisotopic (exact) mass is 673 g/mol. The summed E-state index contributed by atoms with van der Waals surface area (Å²) < 4.78 is 50.2. The number of carbonyl (C=O) groups excluding carboxylic acids is 2. The second-order valence-electron chi connectivity index (χ2n) is 9.47. The molecule has 0 fully saturated rings. The summed E-state index contributed by atoms with van der Waals surface area (Å²) in [7, 11) is 0. The second-order valence-corrected chi connectivity index (χ2v) is 10.7. The number of carbonyl (C=O) groups is 2. The maximum absolute atomic E-state index is 13.3. The molecule has 0 saturated heterocycles. The third-order valence-corrected chi connectivity index (χ3v) is 7.32. The van der Waals surface area contributed by atoms with Crippen molar-refractivity contribution in [2.24, 2.45) is 5.10 Å². The maximum Gasteiger partial charge on any atom is 0.416 e. The summed E-state index contributed by atoms with van der Waals surface area (Å²) in [5, 5.41) is 5.73. The molecule has 0 aliphatic carbocycles. The van der Waals surface area contributed by atoms with Crippen molar-refractivity contribution in [3.05, 3.63) is 116 Å². The molecule has 0 spiro atoms. The number of esters is 1. The lowest BCUT2D eigenvalue weighted by Crippen LogP contribution is -2.19. The number of alkyl halides is 3. The Bertz CT molecular complexity index is 1960. The van der Waals surface area contributed by atoms with Crippen LogP contribution in [0.5, 0.6) is 11.5 Å². The first-order chi connectivity index (χ1) is 21.5. The third kappa shape index (κ3) is 7.09. The average molecular weight is 675 g/mol. The van der Waals surface area contributed by atoms with Crippen LogP contribution in [0.4, 0.5) is 13.2 Å². The standard InChI is InChI=1S/C32H21Cl3F3N3O4/c1-2-44-26-12-17(10-11-25(26)45-31(43)18-6-5-7-19(13-18)32(36,37)38)16-39-41-30(42)29-27(21-8-3-4-9-23(21)34)22-14-20(33)15-24(35)28(22)40-29/h3-16,40H,2H2,1H3,(H,41,42). The van der Waals surface area contributed by atoms with E-state index < -0.39 is 23.6 Å². The smallest absolute Gasteiger partial charge is 0.416 e. The number of halogens is 6. The summed E-state index contributed by atoms with van der Waals surface area (Å²) in [6, 6.07) is 18.5. The van der Waals surface area contributed by atoms with Gasteiger partial charge in [0.15, 0.2) is 11.5 Å². The molecule has 45 heavy (non-hydrogen) atoms. The highest BCUT2D eigenvalue weighted by atomic mass is 35.5. The van der Waals surface area contributed by atoms with E-state index in [1.54, 1.807) is 43.3 Å². The lowest BCUT2D eigenvalue weighted by atomic mass is 10.0. The van der Waals surface area contributed by atoms with Crippen molar-refractivity contribution >= 4 is 63.8 Å². The van der Waals surface area contributed by atoms with E-state index in [-0.39, 0.29) is 29.4 Å². The number of H-pyrrole nitrogens is 1. The zero-order valence-corrected chi connectivity index (χ0v) is 25.4. The molecule has 4 aromatic carbocycles. The van der Waals surface area contributed by atoms with Gasteiger partial charge in [0.2, 0.25) is 0 Å². The number of aromatic nitrogens is 1. The van der Waals surface area contributed by atoms with Gasteiger partial charge < -0.3 is 14.5 Å². The normalized spacial score (nSPS) is 11.6. The van der Waals surface area contributed by atoms with E-state index in [9.17, 15) is 22.8 Å². The Morgan fingerprint density at radius 2 is 1.71 bits per heavy atom. The minimum atomic E-state index is -4.62. The summed E-state index contributed by atoms with van der Waals surface area (Å²) >= 11 is 19.1. The predicted octanol–water partition coefficient (Wildman–Crippen LogP) is 9.20. The number of amides is 1. The first-order valence-electron chi connectivity index (χ1n) is 13.2. The number of nitrogens with one attached hydrogen (secondary N) is 2. The van der Waals surface area contributed by atoms with Crippen LogP contribution in [0.15, 0.2) is 84.0 Å². The molecule has 7 nitrogen and oxygen atoms in total. The van der Waals surface area contributed by atoms with Crippen LogP contribution in [0.1, 0.15) is 38.9 Å². The van der Waals surface area contributed by atoms with Gasteiger partial charge in [0.25, 0.3) is 5.91 Å². The van der Waals surface area contributed by atoms with Gasteiger partial charge in [0.1, 0.15) is 5.69 Å². The minimum Gasteiger partial charge on any atom is -0.490 e. The lowest BCUT2D eigenvalue weighted by molar-refractivity contribution is -0.137. The third-order valence-electron chi connectivity index (χ3n) is 6.47.